The molecule has 2 aromatic carbocycles. The van der Waals surface area contributed by atoms with E-state index in [1.54, 1.807) is 6.20 Å². The molecule has 1 aromatic heterocycles. The van der Waals surface area contributed by atoms with Crippen LogP contribution in [0, 0.1) is 0 Å². The molecule has 0 unspecified atom stereocenters. The molecule has 3 rings (SSSR count). The summed E-state index contributed by atoms with van der Waals surface area (Å²) in [7, 11) is 0. The molecule has 0 amide bonds. The molecule has 2 N–H and O–H groups in total. The topological polar surface area (TPSA) is 52.1 Å². The van der Waals surface area contributed by atoms with Crippen molar-refractivity contribution in [3.63, 3.8) is 0 Å². The molecular weight excluding hydrogens is 286 g/mol. The summed E-state index contributed by atoms with van der Waals surface area (Å²) in [5.41, 5.74) is 3.22. The lowest BCUT2D eigenvalue weighted by Crippen LogP contribution is -2.26. The fourth-order valence-corrected chi connectivity index (χ4v) is 2.48. The Morgan fingerprint density at radius 1 is 1.14 bits per heavy atom. The largest absolute Gasteiger partial charge is 0.395 e. The summed E-state index contributed by atoms with van der Waals surface area (Å²) in [5.74, 6) is 0. The van der Waals surface area contributed by atoms with E-state index in [4.69, 9.17) is 11.6 Å². The molecule has 0 aliphatic carbocycles. The van der Waals surface area contributed by atoms with Crippen LogP contribution in [0.2, 0.25) is 5.02 Å². The molecular formula is C16H16ClN3O. The third-order valence-electron chi connectivity index (χ3n) is 3.45. The van der Waals surface area contributed by atoms with Gasteiger partial charge in [-0.25, -0.2) is 0 Å². The lowest BCUT2D eigenvalue weighted by atomic mass is 10.1. The zero-order chi connectivity index (χ0) is 14.7. The van der Waals surface area contributed by atoms with Gasteiger partial charge in [0.25, 0.3) is 0 Å². The van der Waals surface area contributed by atoms with Crippen molar-refractivity contribution >= 4 is 28.2 Å². The Hall–Kier alpha value is -2.04. The highest BCUT2D eigenvalue weighted by molar-refractivity contribution is 6.30. The van der Waals surface area contributed by atoms with Crippen LogP contribution in [0.15, 0.2) is 48.7 Å². The van der Waals surface area contributed by atoms with Crippen LogP contribution in [-0.2, 0) is 6.54 Å². The number of benzene rings is 2. The van der Waals surface area contributed by atoms with Crippen LogP contribution >= 0.6 is 11.6 Å². The van der Waals surface area contributed by atoms with Crippen LogP contribution < -0.4 is 4.90 Å². The van der Waals surface area contributed by atoms with Gasteiger partial charge < -0.3 is 10.0 Å². The minimum Gasteiger partial charge on any atom is -0.395 e. The Bertz CT molecular complexity index is 724. The minimum absolute atomic E-state index is 0.108. The maximum atomic E-state index is 9.31. The van der Waals surface area contributed by atoms with Crippen molar-refractivity contribution in [1.29, 1.82) is 0 Å². The van der Waals surface area contributed by atoms with E-state index < -0.39 is 0 Å². The number of halogens is 1. The van der Waals surface area contributed by atoms with Gasteiger partial charge in [0.05, 0.1) is 18.3 Å². The van der Waals surface area contributed by atoms with Gasteiger partial charge in [-0.3, -0.25) is 5.10 Å². The number of hydrogen-bond acceptors (Lipinski definition) is 3. The van der Waals surface area contributed by atoms with Crippen molar-refractivity contribution in [3.05, 3.63) is 59.2 Å². The van der Waals surface area contributed by atoms with E-state index in [1.807, 2.05) is 36.4 Å². The molecule has 0 spiro atoms. The van der Waals surface area contributed by atoms with Crippen LogP contribution in [0.3, 0.4) is 0 Å². The van der Waals surface area contributed by atoms with E-state index in [0.717, 1.165) is 33.7 Å². The second kappa shape index (κ2) is 6.16. The van der Waals surface area contributed by atoms with Gasteiger partial charge in [-0.1, -0.05) is 23.7 Å². The summed E-state index contributed by atoms with van der Waals surface area (Å²) in [6.07, 6.45) is 1.80. The Balaban J connectivity index is 1.87. The number of aliphatic hydroxyl groups excluding tert-OH is 1. The lowest BCUT2D eigenvalue weighted by molar-refractivity contribution is 0.301. The van der Waals surface area contributed by atoms with Crippen LogP contribution in [0.5, 0.6) is 0 Å². The lowest BCUT2D eigenvalue weighted by Gasteiger charge is -2.24. The number of hydrogen-bond donors (Lipinski definition) is 2. The Morgan fingerprint density at radius 3 is 2.71 bits per heavy atom. The van der Waals surface area contributed by atoms with Gasteiger partial charge in [0.1, 0.15) is 0 Å². The second-order valence-corrected chi connectivity index (χ2v) is 5.35. The van der Waals surface area contributed by atoms with E-state index in [1.165, 1.54) is 0 Å². The zero-order valence-electron chi connectivity index (χ0n) is 11.5. The number of aliphatic hydroxyl groups is 1. The highest BCUT2D eigenvalue weighted by atomic mass is 35.5. The summed E-state index contributed by atoms with van der Waals surface area (Å²) >= 11 is 5.92. The summed E-state index contributed by atoms with van der Waals surface area (Å²) in [4.78, 5) is 2.13. The number of H-pyrrole nitrogens is 1. The van der Waals surface area contributed by atoms with E-state index in [-0.39, 0.29) is 6.61 Å². The first-order valence-corrected chi connectivity index (χ1v) is 7.17. The first-order valence-electron chi connectivity index (χ1n) is 6.79. The van der Waals surface area contributed by atoms with Gasteiger partial charge in [-0.15, -0.1) is 0 Å². The standard InChI is InChI=1S/C16H16ClN3O/c17-14-3-1-12(2-4-14)11-20(7-8-21)15-5-6-16-13(9-15)10-18-19-16/h1-6,9-10,21H,7-8,11H2,(H,18,19). The van der Waals surface area contributed by atoms with E-state index >= 15 is 0 Å². The predicted octanol–water partition coefficient (Wildman–Crippen LogP) is 3.22. The van der Waals surface area contributed by atoms with Gasteiger partial charge in [0, 0.05) is 29.2 Å². The first kappa shape index (κ1) is 13.9. The molecule has 0 radical (unpaired) electrons. The normalized spacial score (nSPS) is 11.0. The van der Waals surface area contributed by atoms with E-state index in [2.05, 4.69) is 21.2 Å². The predicted molar refractivity (Wildman–Crippen MR) is 85.7 cm³/mol. The molecule has 3 aromatic rings. The Kier molecular flexibility index (Phi) is 4.08. The van der Waals surface area contributed by atoms with Gasteiger partial charge in [-0.2, -0.15) is 5.10 Å². The third kappa shape index (κ3) is 3.17. The highest BCUT2D eigenvalue weighted by Gasteiger charge is 2.08. The number of aromatic nitrogens is 2. The van der Waals surface area contributed by atoms with Gasteiger partial charge in [-0.05, 0) is 35.9 Å². The summed E-state index contributed by atoms with van der Waals surface area (Å²) in [6.45, 7) is 1.41. The number of anilines is 1. The molecule has 21 heavy (non-hydrogen) atoms. The molecule has 0 atom stereocenters. The van der Waals surface area contributed by atoms with Crippen molar-refractivity contribution in [1.82, 2.24) is 10.2 Å². The second-order valence-electron chi connectivity index (χ2n) is 4.91. The first-order chi connectivity index (χ1) is 10.3. The molecule has 0 saturated heterocycles. The molecule has 0 aliphatic heterocycles. The van der Waals surface area contributed by atoms with Crippen molar-refractivity contribution in [2.75, 3.05) is 18.1 Å². The monoisotopic (exact) mass is 301 g/mol. The van der Waals surface area contributed by atoms with Crippen LogP contribution in [0.1, 0.15) is 5.56 Å². The minimum atomic E-state index is 0.108. The van der Waals surface area contributed by atoms with E-state index in [0.29, 0.717) is 6.54 Å². The molecule has 4 nitrogen and oxygen atoms in total. The van der Waals surface area contributed by atoms with Crippen molar-refractivity contribution in [3.8, 4) is 0 Å². The molecule has 0 saturated carbocycles. The van der Waals surface area contributed by atoms with Crippen molar-refractivity contribution in [2.24, 2.45) is 0 Å². The molecule has 0 fully saturated rings. The maximum absolute atomic E-state index is 9.31. The fraction of sp³-hybridized carbons (Fsp3) is 0.188. The molecule has 5 heteroatoms. The number of nitrogens with zero attached hydrogens (tertiary/aromatic N) is 2. The quantitative estimate of drug-likeness (QED) is 0.761. The summed E-state index contributed by atoms with van der Waals surface area (Å²) in [6, 6.07) is 13.9. The van der Waals surface area contributed by atoms with E-state index in [9.17, 15) is 5.11 Å². The third-order valence-corrected chi connectivity index (χ3v) is 3.70. The average molecular weight is 302 g/mol. The number of rotatable bonds is 5. The zero-order valence-corrected chi connectivity index (χ0v) is 12.2. The Morgan fingerprint density at radius 2 is 1.95 bits per heavy atom. The van der Waals surface area contributed by atoms with Gasteiger partial charge in [0.2, 0.25) is 0 Å². The maximum Gasteiger partial charge on any atom is 0.0651 e. The Labute approximate surface area is 128 Å². The molecule has 0 aliphatic rings. The number of aromatic amines is 1. The fourth-order valence-electron chi connectivity index (χ4n) is 2.36. The van der Waals surface area contributed by atoms with Crippen LogP contribution in [-0.4, -0.2) is 28.5 Å². The summed E-state index contributed by atoms with van der Waals surface area (Å²) in [5, 5.41) is 18.1. The van der Waals surface area contributed by atoms with Crippen molar-refractivity contribution in [2.45, 2.75) is 6.54 Å². The van der Waals surface area contributed by atoms with Crippen LogP contribution in [0.25, 0.3) is 10.9 Å². The molecule has 108 valence electrons. The number of nitrogens with one attached hydrogen (secondary N) is 1. The van der Waals surface area contributed by atoms with Crippen molar-refractivity contribution < 1.29 is 5.11 Å². The highest BCUT2D eigenvalue weighted by Crippen LogP contribution is 2.22. The smallest absolute Gasteiger partial charge is 0.0651 e. The summed E-state index contributed by atoms with van der Waals surface area (Å²) < 4.78 is 0. The molecule has 0 bridgehead atoms. The van der Waals surface area contributed by atoms with Gasteiger partial charge >= 0.3 is 0 Å². The van der Waals surface area contributed by atoms with Gasteiger partial charge in [0.15, 0.2) is 0 Å². The average Bonchev–Trinajstić information content (AvgIpc) is 2.96. The molecule has 1 heterocycles. The SMILES string of the molecule is OCCN(Cc1ccc(Cl)cc1)c1ccc2[nH]ncc2c1. The number of fused-ring (bicyclic) bond motifs is 1. The van der Waals surface area contributed by atoms with Crippen LogP contribution in [0.4, 0.5) is 5.69 Å².